The highest BCUT2D eigenvalue weighted by molar-refractivity contribution is 5.95. The number of para-hydroxylation sites is 1. The van der Waals surface area contributed by atoms with Crippen LogP contribution in [0.3, 0.4) is 0 Å². The van der Waals surface area contributed by atoms with Gasteiger partial charge in [-0.1, -0.05) is 18.2 Å². The van der Waals surface area contributed by atoms with Gasteiger partial charge in [0.25, 0.3) is 0 Å². The first-order valence-corrected chi connectivity index (χ1v) is 6.15. The van der Waals surface area contributed by atoms with E-state index >= 15 is 0 Å². The minimum absolute atomic E-state index is 0.258. The molecule has 1 N–H and O–H groups in total. The zero-order chi connectivity index (χ0) is 14.0. The van der Waals surface area contributed by atoms with E-state index in [9.17, 15) is 9.90 Å². The predicted molar refractivity (Wildman–Crippen MR) is 74.0 cm³/mol. The number of hydrogen-bond acceptors (Lipinski definition) is 3. The lowest BCUT2D eigenvalue weighted by Crippen LogP contribution is -2.21. The molecule has 0 amide bonds. The average molecular weight is 259 g/mol. The molecule has 0 bridgehead atoms. The van der Waals surface area contributed by atoms with Crippen LogP contribution in [-0.4, -0.2) is 27.4 Å². The van der Waals surface area contributed by atoms with Crippen molar-refractivity contribution in [3.8, 4) is 0 Å². The lowest BCUT2D eigenvalue weighted by atomic mass is 10.2. The van der Waals surface area contributed by atoms with Gasteiger partial charge in [-0.05, 0) is 26.0 Å². The molecule has 1 aromatic heterocycles. The van der Waals surface area contributed by atoms with Crippen molar-refractivity contribution in [3.05, 3.63) is 41.6 Å². The van der Waals surface area contributed by atoms with Gasteiger partial charge in [-0.3, -0.25) is 4.68 Å². The summed E-state index contributed by atoms with van der Waals surface area (Å²) >= 11 is 0. The summed E-state index contributed by atoms with van der Waals surface area (Å²) in [6.07, 6.45) is 0. The van der Waals surface area contributed by atoms with Crippen LogP contribution in [0.5, 0.6) is 0 Å². The van der Waals surface area contributed by atoms with E-state index in [2.05, 4.69) is 5.10 Å². The number of aromatic carboxylic acids is 1. The van der Waals surface area contributed by atoms with Crippen molar-refractivity contribution in [2.75, 3.05) is 11.4 Å². The van der Waals surface area contributed by atoms with Crippen molar-refractivity contribution < 1.29 is 9.90 Å². The van der Waals surface area contributed by atoms with E-state index in [1.165, 1.54) is 0 Å². The Morgan fingerprint density at radius 3 is 2.53 bits per heavy atom. The van der Waals surface area contributed by atoms with E-state index in [0.29, 0.717) is 18.1 Å². The second-order valence-electron chi connectivity index (χ2n) is 4.29. The fourth-order valence-electron chi connectivity index (χ4n) is 2.27. The highest BCUT2D eigenvalue weighted by Crippen LogP contribution is 2.29. The highest BCUT2D eigenvalue weighted by atomic mass is 16.4. The van der Waals surface area contributed by atoms with Gasteiger partial charge in [-0.25, -0.2) is 4.79 Å². The molecule has 19 heavy (non-hydrogen) atoms. The minimum Gasteiger partial charge on any atom is -0.477 e. The zero-order valence-electron chi connectivity index (χ0n) is 11.3. The Kier molecular flexibility index (Phi) is 3.55. The Bertz CT molecular complexity index is 590. The monoisotopic (exact) mass is 259 g/mol. The van der Waals surface area contributed by atoms with Crippen molar-refractivity contribution in [1.29, 1.82) is 0 Å². The zero-order valence-corrected chi connectivity index (χ0v) is 11.3. The van der Waals surface area contributed by atoms with Crippen LogP contribution in [0.2, 0.25) is 0 Å². The number of rotatable bonds is 4. The molecule has 2 rings (SSSR count). The molecule has 5 nitrogen and oxygen atoms in total. The molecule has 0 saturated heterocycles. The van der Waals surface area contributed by atoms with E-state index in [-0.39, 0.29) is 5.56 Å². The van der Waals surface area contributed by atoms with E-state index in [0.717, 1.165) is 5.69 Å². The number of nitrogens with zero attached hydrogens (tertiary/aromatic N) is 3. The Hall–Kier alpha value is -2.30. The van der Waals surface area contributed by atoms with E-state index in [1.54, 1.807) is 18.7 Å². The molecule has 1 heterocycles. The SMILES string of the molecule is CCN(c1ccccc1)c1c(C(=O)O)c(C)nn1C. The summed E-state index contributed by atoms with van der Waals surface area (Å²) in [7, 11) is 1.76. The van der Waals surface area contributed by atoms with E-state index < -0.39 is 5.97 Å². The largest absolute Gasteiger partial charge is 0.477 e. The van der Waals surface area contributed by atoms with Crippen molar-refractivity contribution in [2.24, 2.45) is 7.05 Å². The van der Waals surface area contributed by atoms with Gasteiger partial charge in [-0.2, -0.15) is 5.10 Å². The third-order valence-electron chi connectivity index (χ3n) is 3.05. The third-order valence-corrected chi connectivity index (χ3v) is 3.05. The van der Waals surface area contributed by atoms with Gasteiger partial charge in [0.05, 0.1) is 5.69 Å². The summed E-state index contributed by atoms with van der Waals surface area (Å²) in [5, 5.41) is 13.6. The van der Waals surface area contributed by atoms with Crippen LogP contribution in [0.4, 0.5) is 11.5 Å². The first kappa shape index (κ1) is 13.1. The molecule has 0 aliphatic rings. The van der Waals surface area contributed by atoms with E-state index in [4.69, 9.17) is 0 Å². The summed E-state index contributed by atoms with van der Waals surface area (Å²) < 4.78 is 1.62. The van der Waals surface area contributed by atoms with Gasteiger partial charge in [0.2, 0.25) is 0 Å². The molecule has 0 aliphatic heterocycles. The quantitative estimate of drug-likeness (QED) is 0.916. The Morgan fingerprint density at radius 2 is 2.00 bits per heavy atom. The summed E-state index contributed by atoms with van der Waals surface area (Å²) in [4.78, 5) is 13.4. The molecule has 0 aliphatic carbocycles. The van der Waals surface area contributed by atoms with Crippen LogP contribution >= 0.6 is 0 Å². The smallest absolute Gasteiger partial charge is 0.341 e. The number of hydrogen-bond donors (Lipinski definition) is 1. The Balaban J connectivity index is 2.59. The molecule has 5 heteroatoms. The Morgan fingerprint density at radius 1 is 1.37 bits per heavy atom. The van der Waals surface area contributed by atoms with E-state index in [1.807, 2.05) is 42.2 Å². The summed E-state index contributed by atoms with van der Waals surface area (Å²) in [6, 6.07) is 9.71. The van der Waals surface area contributed by atoms with Gasteiger partial charge < -0.3 is 10.0 Å². The second kappa shape index (κ2) is 5.14. The van der Waals surface area contributed by atoms with Crippen LogP contribution in [0.25, 0.3) is 0 Å². The maximum Gasteiger partial charge on any atom is 0.341 e. The molecule has 0 unspecified atom stereocenters. The first-order valence-electron chi connectivity index (χ1n) is 6.15. The predicted octanol–water partition coefficient (Wildman–Crippen LogP) is 2.58. The number of benzene rings is 1. The molecule has 0 spiro atoms. The topological polar surface area (TPSA) is 58.4 Å². The summed E-state index contributed by atoms with van der Waals surface area (Å²) in [5.41, 5.74) is 1.74. The lowest BCUT2D eigenvalue weighted by Gasteiger charge is -2.23. The molecule has 0 fully saturated rings. The molecule has 0 radical (unpaired) electrons. The van der Waals surface area contributed by atoms with Crippen molar-refractivity contribution >= 4 is 17.5 Å². The third kappa shape index (κ3) is 2.31. The molecule has 0 atom stereocenters. The lowest BCUT2D eigenvalue weighted by molar-refractivity contribution is 0.0697. The molecule has 0 saturated carbocycles. The average Bonchev–Trinajstić information content (AvgIpc) is 2.67. The summed E-state index contributed by atoms with van der Waals surface area (Å²) in [6.45, 7) is 4.37. The number of carbonyl (C=O) groups is 1. The van der Waals surface area contributed by atoms with Crippen LogP contribution in [0.15, 0.2) is 30.3 Å². The van der Waals surface area contributed by atoms with Gasteiger partial charge in [-0.15, -0.1) is 0 Å². The molecular weight excluding hydrogens is 242 g/mol. The maximum atomic E-state index is 11.4. The maximum absolute atomic E-state index is 11.4. The number of carboxylic acid groups (broad SMARTS) is 1. The fraction of sp³-hybridized carbons (Fsp3) is 0.286. The van der Waals surface area contributed by atoms with Crippen LogP contribution < -0.4 is 4.90 Å². The molecule has 1 aromatic carbocycles. The van der Waals surface area contributed by atoms with Crippen LogP contribution in [0.1, 0.15) is 23.0 Å². The first-order chi connectivity index (χ1) is 9.06. The number of aryl methyl sites for hydroxylation is 2. The van der Waals surface area contributed by atoms with Gasteiger partial charge in [0.15, 0.2) is 0 Å². The van der Waals surface area contributed by atoms with Crippen molar-refractivity contribution in [1.82, 2.24) is 9.78 Å². The standard InChI is InChI=1S/C14H17N3O2/c1-4-17(11-8-6-5-7-9-11)13-12(14(18)19)10(2)15-16(13)3/h5-9H,4H2,1-3H3,(H,18,19). The minimum atomic E-state index is -0.949. The second-order valence-corrected chi connectivity index (χ2v) is 4.29. The summed E-state index contributed by atoms with van der Waals surface area (Å²) in [5.74, 6) is -0.339. The van der Waals surface area contributed by atoms with Gasteiger partial charge in [0, 0.05) is 19.3 Å². The van der Waals surface area contributed by atoms with Crippen LogP contribution in [0, 0.1) is 6.92 Å². The number of carboxylic acids is 1. The number of anilines is 2. The molecular formula is C14H17N3O2. The van der Waals surface area contributed by atoms with Crippen molar-refractivity contribution in [3.63, 3.8) is 0 Å². The molecule has 2 aromatic rings. The highest BCUT2D eigenvalue weighted by Gasteiger charge is 2.24. The van der Waals surface area contributed by atoms with Crippen molar-refractivity contribution in [2.45, 2.75) is 13.8 Å². The fourth-order valence-corrected chi connectivity index (χ4v) is 2.27. The number of aromatic nitrogens is 2. The van der Waals surface area contributed by atoms with Gasteiger partial charge in [0.1, 0.15) is 11.4 Å². The molecule has 100 valence electrons. The normalized spacial score (nSPS) is 10.5. The van der Waals surface area contributed by atoms with Crippen LogP contribution in [-0.2, 0) is 7.05 Å². The Labute approximate surface area is 112 Å². The van der Waals surface area contributed by atoms with Gasteiger partial charge >= 0.3 is 5.97 Å².